The standard InChI is InChI=1S/C11H14BrNO4S/c1-8(9-4-3-5-10(12)6-9)13-18(15,16)7-11(14)17-2/h3-6,8,13H,7H2,1-2H3. The topological polar surface area (TPSA) is 72.5 Å². The molecule has 1 unspecified atom stereocenters. The van der Waals surface area contributed by atoms with Crippen LogP contribution in [0.25, 0.3) is 0 Å². The predicted molar refractivity (Wildman–Crippen MR) is 71.5 cm³/mol. The van der Waals surface area contributed by atoms with Gasteiger partial charge in [-0.3, -0.25) is 4.79 Å². The Bertz CT molecular complexity index is 530. The van der Waals surface area contributed by atoms with E-state index in [1.165, 1.54) is 0 Å². The zero-order valence-electron chi connectivity index (χ0n) is 10.0. The summed E-state index contributed by atoms with van der Waals surface area (Å²) in [6.45, 7) is 1.70. The first-order valence-corrected chi connectivity index (χ1v) is 7.61. The van der Waals surface area contributed by atoms with E-state index in [1.54, 1.807) is 13.0 Å². The minimum atomic E-state index is -3.69. The minimum absolute atomic E-state index is 0.419. The normalized spacial score (nSPS) is 13.1. The van der Waals surface area contributed by atoms with Crippen LogP contribution in [-0.2, 0) is 19.6 Å². The maximum absolute atomic E-state index is 11.6. The van der Waals surface area contributed by atoms with Gasteiger partial charge in [0, 0.05) is 10.5 Å². The van der Waals surface area contributed by atoms with Gasteiger partial charge >= 0.3 is 5.97 Å². The summed E-state index contributed by atoms with van der Waals surface area (Å²) < 4.78 is 30.9. The van der Waals surface area contributed by atoms with Crippen molar-refractivity contribution in [2.45, 2.75) is 13.0 Å². The third-order valence-electron chi connectivity index (χ3n) is 2.24. The highest BCUT2D eigenvalue weighted by atomic mass is 79.9. The molecule has 0 fully saturated rings. The van der Waals surface area contributed by atoms with E-state index in [-0.39, 0.29) is 0 Å². The van der Waals surface area contributed by atoms with Crippen LogP contribution in [0.1, 0.15) is 18.5 Å². The van der Waals surface area contributed by atoms with E-state index in [0.29, 0.717) is 0 Å². The maximum Gasteiger partial charge on any atom is 0.322 e. The Kier molecular flexibility index (Phi) is 5.30. The monoisotopic (exact) mass is 335 g/mol. The summed E-state index contributed by atoms with van der Waals surface area (Å²) in [5.74, 6) is -1.47. The first-order valence-electron chi connectivity index (χ1n) is 5.16. The summed E-state index contributed by atoms with van der Waals surface area (Å²) in [6, 6.07) is 6.85. The van der Waals surface area contributed by atoms with Crippen molar-refractivity contribution in [3.05, 3.63) is 34.3 Å². The molecule has 18 heavy (non-hydrogen) atoms. The molecule has 0 bridgehead atoms. The second-order valence-electron chi connectivity index (χ2n) is 3.73. The smallest absolute Gasteiger partial charge is 0.322 e. The summed E-state index contributed by atoms with van der Waals surface area (Å²) in [6.07, 6.45) is 0. The van der Waals surface area contributed by atoms with E-state index < -0.39 is 27.8 Å². The molecule has 0 saturated heterocycles. The van der Waals surface area contributed by atoms with Gasteiger partial charge in [-0.05, 0) is 24.6 Å². The summed E-state index contributed by atoms with van der Waals surface area (Å²) in [7, 11) is -2.54. The van der Waals surface area contributed by atoms with Crippen molar-refractivity contribution < 1.29 is 17.9 Å². The summed E-state index contributed by atoms with van der Waals surface area (Å²) in [4.78, 5) is 11.0. The Morgan fingerprint density at radius 2 is 2.17 bits per heavy atom. The van der Waals surface area contributed by atoms with Crippen molar-refractivity contribution in [3.8, 4) is 0 Å². The van der Waals surface area contributed by atoms with Crippen molar-refractivity contribution >= 4 is 31.9 Å². The van der Waals surface area contributed by atoms with Crippen LogP contribution in [0.15, 0.2) is 28.7 Å². The lowest BCUT2D eigenvalue weighted by Gasteiger charge is -2.14. The van der Waals surface area contributed by atoms with Crippen molar-refractivity contribution in [3.63, 3.8) is 0 Å². The molecule has 0 aliphatic carbocycles. The fourth-order valence-electron chi connectivity index (χ4n) is 1.37. The van der Waals surface area contributed by atoms with Crippen molar-refractivity contribution in [2.75, 3.05) is 12.9 Å². The molecule has 0 radical (unpaired) electrons. The number of ether oxygens (including phenoxy) is 1. The first kappa shape index (κ1) is 15.1. The second-order valence-corrected chi connectivity index (χ2v) is 6.40. The average molecular weight is 336 g/mol. The van der Waals surface area contributed by atoms with Crippen LogP contribution in [0.2, 0.25) is 0 Å². The number of carbonyl (C=O) groups is 1. The number of rotatable bonds is 5. The van der Waals surface area contributed by atoms with Crippen LogP contribution in [0.4, 0.5) is 0 Å². The molecular weight excluding hydrogens is 322 g/mol. The molecule has 1 aromatic rings. The van der Waals surface area contributed by atoms with Crippen LogP contribution >= 0.6 is 15.9 Å². The number of esters is 1. The van der Waals surface area contributed by atoms with Gasteiger partial charge in [-0.1, -0.05) is 28.1 Å². The average Bonchev–Trinajstić information content (AvgIpc) is 2.27. The molecule has 0 amide bonds. The third kappa shape index (κ3) is 4.75. The molecule has 1 N–H and O–H groups in total. The van der Waals surface area contributed by atoms with E-state index in [1.807, 2.05) is 18.2 Å². The molecule has 0 saturated carbocycles. The van der Waals surface area contributed by atoms with Gasteiger partial charge in [0.25, 0.3) is 0 Å². The van der Waals surface area contributed by atoms with Crippen LogP contribution in [0.5, 0.6) is 0 Å². The number of benzene rings is 1. The van der Waals surface area contributed by atoms with Gasteiger partial charge in [-0.15, -0.1) is 0 Å². The maximum atomic E-state index is 11.6. The van der Waals surface area contributed by atoms with Crippen LogP contribution < -0.4 is 4.72 Å². The van der Waals surface area contributed by atoms with Gasteiger partial charge in [0.15, 0.2) is 5.75 Å². The predicted octanol–water partition coefficient (Wildman–Crippen LogP) is 1.60. The molecule has 0 aliphatic heterocycles. The fraction of sp³-hybridized carbons (Fsp3) is 0.364. The highest BCUT2D eigenvalue weighted by Crippen LogP contribution is 2.18. The summed E-state index contributed by atoms with van der Waals surface area (Å²) >= 11 is 3.31. The summed E-state index contributed by atoms with van der Waals surface area (Å²) in [5, 5.41) is 0. The second kappa shape index (κ2) is 6.31. The van der Waals surface area contributed by atoms with E-state index in [2.05, 4.69) is 25.4 Å². The molecule has 1 aromatic carbocycles. The van der Waals surface area contributed by atoms with E-state index >= 15 is 0 Å². The molecular formula is C11H14BrNO4S. The van der Waals surface area contributed by atoms with Gasteiger partial charge in [0.2, 0.25) is 10.0 Å². The molecule has 7 heteroatoms. The Labute approximate surface area is 115 Å². The number of hydrogen-bond donors (Lipinski definition) is 1. The molecule has 100 valence electrons. The molecule has 0 spiro atoms. The van der Waals surface area contributed by atoms with Gasteiger partial charge in [0.05, 0.1) is 7.11 Å². The largest absolute Gasteiger partial charge is 0.468 e. The molecule has 0 heterocycles. The van der Waals surface area contributed by atoms with Gasteiger partial charge in [-0.2, -0.15) is 0 Å². The lowest BCUT2D eigenvalue weighted by Crippen LogP contribution is -2.32. The third-order valence-corrected chi connectivity index (χ3v) is 4.06. The minimum Gasteiger partial charge on any atom is -0.468 e. The lowest BCUT2D eigenvalue weighted by atomic mass is 10.1. The number of halogens is 1. The van der Waals surface area contributed by atoms with E-state index in [0.717, 1.165) is 17.1 Å². The Hall–Kier alpha value is -0.920. The van der Waals surface area contributed by atoms with Crippen molar-refractivity contribution in [2.24, 2.45) is 0 Å². The number of carbonyl (C=O) groups excluding carboxylic acids is 1. The Morgan fingerprint density at radius 1 is 1.50 bits per heavy atom. The quantitative estimate of drug-likeness (QED) is 0.829. The molecule has 5 nitrogen and oxygen atoms in total. The Balaban J connectivity index is 2.75. The highest BCUT2D eigenvalue weighted by molar-refractivity contribution is 9.10. The van der Waals surface area contributed by atoms with Crippen LogP contribution in [0.3, 0.4) is 0 Å². The van der Waals surface area contributed by atoms with Crippen molar-refractivity contribution in [1.82, 2.24) is 4.72 Å². The Morgan fingerprint density at radius 3 is 2.72 bits per heavy atom. The lowest BCUT2D eigenvalue weighted by molar-refractivity contribution is -0.137. The molecule has 0 aromatic heterocycles. The molecule has 1 atom stereocenters. The number of sulfonamides is 1. The van der Waals surface area contributed by atoms with Crippen molar-refractivity contribution in [1.29, 1.82) is 0 Å². The van der Waals surface area contributed by atoms with Gasteiger partial charge in [-0.25, -0.2) is 13.1 Å². The number of nitrogens with one attached hydrogen (secondary N) is 1. The van der Waals surface area contributed by atoms with E-state index in [4.69, 9.17) is 0 Å². The zero-order chi connectivity index (χ0) is 13.8. The van der Waals surface area contributed by atoms with Gasteiger partial charge in [0.1, 0.15) is 0 Å². The van der Waals surface area contributed by atoms with E-state index in [9.17, 15) is 13.2 Å². The number of methoxy groups -OCH3 is 1. The summed E-state index contributed by atoms with van der Waals surface area (Å²) in [5.41, 5.74) is 0.804. The van der Waals surface area contributed by atoms with Crippen LogP contribution in [-0.4, -0.2) is 27.2 Å². The highest BCUT2D eigenvalue weighted by Gasteiger charge is 2.20. The number of hydrogen-bond acceptors (Lipinski definition) is 4. The first-order chi connectivity index (χ1) is 8.34. The van der Waals surface area contributed by atoms with Crippen LogP contribution in [0, 0.1) is 0 Å². The zero-order valence-corrected chi connectivity index (χ0v) is 12.4. The molecule has 0 aliphatic rings. The fourth-order valence-corrected chi connectivity index (χ4v) is 2.97. The van der Waals surface area contributed by atoms with Gasteiger partial charge < -0.3 is 4.74 Å². The molecule has 1 rings (SSSR count). The SMILES string of the molecule is COC(=O)CS(=O)(=O)NC(C)c1cccc(Br)c1.